The van der Waals surface area contributed by atoms with Crippen molar-refractivity contribution < 1.29 is 9.47 Å². The van der Waals surface area contributed by atoms with Gasteiger partial charge in [0.25, 0.3) is 0 Å². The van der Waals surface area contributed by atoms with E-state index < -0.39 is 0 Å². The van der Waals surface area contributed by atoms with E-state index in [-0.39, 0.29) is 0 Å². The molecule has 0 saturated carbocycles. The lowest BCUT2D eigenvalue weighted by atomic mass is 10.1. The first-order valence-electron chi connectivity index (χ1n) is 5.63. The Hall–Kier alpha value is -0.490. The van der Waals surface area contributed by atoms with Gasteiger partial charge >= 0.3 is 0 Å². The van der Waals surface area contributed by atoms with Crippen LogP contribution >= 0.6 is 22.6 Å². The van der Waals surface area contributed by atoms with Crippen LogP contribution in [0.5, 0.6) is 11.5 Å². The van der Waals surface area contributed by atoms with Gasteiger partial charge in [-0.05, 0) is 73.8 Å². The zero-order valence-corrected chi connectivity index (χ0v) is 13.1. The summed E-state index contributed by atoms with van der Waals surface area (Å²) in [6.07, 6.45) is 2.13. The van der Waals surface area contributed by atoms with E-state index in [1.54, 1.807) is 14.2 Å². The van der Waals surface area contributed by atoms with Crippen molar-refractivity contribution >= 4 is 22.6 Å². The third kappa shape index (κ3) is 4.35. The largest absolute Gasteiger partial charge is 0.496 e. The maximum atomic E-state index is 5.41. The van der Waals surface area contributed by atoms with Gasteiger partial charge in [0.2, 0.25) is 0 Å². The minimum Gasteiger partial charge on any atom is -0.496 e. The van der Waals surface area contributed by atoms with E-state index in [1.165, 1.54) is 5.56 Å². The molecule has 0 fully saturated rings. The molecule has 0 aliphatic heterocycles. The van der Waals surface area contributed by atoms with Crippen LogP contribution in [-0.4, -0.2) is 39.8 Å². The third-order valence-electron chi connectivity index (χ3n) is 2.61. The molecule has 1 rings (SSSR count). The summed E-state index contributed by atoms with van der Waals surface area (Å²) < 4.78 is 11.8. The van der Waals surface area contributed by atoms with Crippen LogP contribution in [0.1, 0.15) is 12.0 Å². The predicted octanol–water partition coefficient (Wildman–Crippen LogP) is 2.80. The second-order valence-corrected chi connectivity index (χ2v) is 5.37. The smallest absolute Gasteiger partial charge is 0.132 e. The topological polar surface area (TPSA) is 21.7 Å². The number of hydrogen-bond acceptors (Lipinski definition) is 3. The molecule has 0 bridgehead atoms. The summed E-state index contributed by atoms with van der Waals surface area (Å²) >= 11 is 2.26. The number of ether oxygens (including phenoxy) is 2. The summed E-state index contributed by atoms with van der Waals surface area (Å²) in [6, 6.07) is 4.11. The fourth-order valence-electron chi connectivity index (χ4n) is 1.70. The van der Waals surface area contributed by atoms with E-state index in [0.29, 0.717) is 0 Å². The summed E-state index contributed by atoms with van der Waals surface area (Å²) in [4.78, 5) is 2.19. The molecule has 3 nitrogen and oxygen atoms in total. The average molecular weight is 349 g/mol. The maximum absolute atomic E-state index is 5.41. The molecule has 0 unspecified atom stereocenters. The molecule has 96 valence electrons. The van der Waals surface area contributed by atoms with Crippen molar-refractivity contribution in [1.29, 1.82) is 0 Å². The fourth-order valence-corrected chi connectivity index (χ4v) is 2.36. The van der Waals surface area contributed by atoms with E-state index in [9.17, 15) is 0 Å². The predicted molar refractivity (Wildman–Crippen MR) is 79.1 cm³/mol. The van der Waals surface area contributed by atoms with E-state index >= 15 is 0 Å². The number of nitrogens with zero attached hydrogens (tertiary/aromatic N) is 1. The molecule has 0 spiro atoms. The summed E-state index contributed by atoms with van der Waals surface area (Å²) in [5.74, 6) is 1.88. The van der Waals surface area contributed by atoms with Crippen LogP contribution in [-0.2, 0) is 6.42 Å². The van der Waals surface area contributed by atoms with E-state index in [2.05, 4.69) is 47.7 Å². The lowest BCUT2D eigenvalue weighted by Crippen LogP contribution is -2.13. The molecule has 0 aliphatic rings. The number of halogens is 1. The molecule has 4 heteroatoms. The molecule has 0 heterocycles. The van der Waals surface area contributed by atoms with Crippen molar-refractivity contribution in [3.05, 3.63) is 21.3 Å². The van der Waals surface area contributed by atoms with Crippen LogP contribution in [0.15, 0.2) is 12.1 Å². The van der Waals surface area contributed by atoms with Crippen molar-refractivity contribution in [2.75, 3.05) is 34.9 Å². The van der Waals surface area contributed by atoms with Gasteiger partial charge in [0.1, 0.15) is 11.5 Å². The molecule has 1 aromatic rings. The van der Waals surface area contributed by atoms with Crippen LogP contribution in [0, 0.1) is 3.57 Å². The number of methoxy groups -OCH3 is 2. The van der Waals surface area contributed by atoms with Gasteiger partial charge in [0.15, 0.2) is 0 Å². The highest BCUT2D eigenvalue weighted by Gasteiger charge is 2.09. The van der Waals surface area contributed by atoms with Gasteiger partial charge in [-0.3, -0.25) is 0 Å². The fraction of sp³-hybridized carbons (Fsp3) is 0.538. The van der Waals surface area contributed by atoms with Gasteiger partial charge in [-0.2, -0.15) is 0 Å². The number of rotatable bonds is 6. The number of aryl methyl sites for hydroxylation is 1. The Balaban J connectivity index is 2.81. The first-order chi connectivity index (χ1) is 8.08. The van der Waals surface area contributed by atoms with Crippen molar-refractivity contribution in [3.63, 3.8) is 0 Å². The Morgan fingerprint density at radius 1 is 1.12 bits per heavy atom. The lowest BCUT2D eigenvalue weighted by Gasteiger charge is -2.13. The van der Waals surface area contributed by atoms with Crippen LogP contribution in [0.3, 0.4) is 0 Å². The highest BCUT2D eigenvalue weighted by atomic mass is 127. The Labute approximate surface area is 117 Å². The molecule has 0 N–H and O–H groups in total. The van der Waals surface area contributed by atoms with Gasteiger partial charge in [0, 0.05) is 0 Å². The van der Waals surface area contributed by atoms with Crippen molar-refractivity contribution in [2.24, 2.45) is 0 Å². The molecule has 17 heavy (non-hydrogen) atoms. The monoisotopic (exact) mass is 349 g/mol. The summed E-state index contributed by atoms with van der Waals surface area (Å²) in [6.45, 7) is 1.08. The van der Waals surface area contributed by atoms with Gasteiger partial charge < -0.3 is 14.4 Å². The molecule has 0 atom stereocenters. The SMILES string of the molecule is COc1cc(CCCN(C)C)c(OC)cc1I. The Morgan fingerprint density at radius 2 is 1.76 bits per heavy atom. The summed E-state index contributed by atoms with van der Waals surface area (Å²) in [7, 11) is 7.60. The van der Waals surface area contributed by atoms with Gasteiger partial charge in [0.05, 0.1) is 17.8 Å². The average Bonchev–Trinajstić information content (AvgIpc) is 2.30. The molecular weight excluding hydrogens is 329 g/mol. The van der Waals surface area contributed by atoms with Crippen LogP contribution in [0.25, 0.3) is 0 Å². The highest BCUT2D eigenvalue weighted by molar-refractivity contribution is 14.1. The highest BCUT2D eigenvalue weighted by Crippen LogP contribution is 2.30. The van der Waals surface area contributed by atoms with Gasteiger partial charge in [-0.25, -0.2) is 0 Å². The van der Waals surface area contributed by atoms with Crippen LogP contribution in [0.4, 0.5) is 0 Å². The minimum absolute atomic E-state index is 0.922. The number of hydrogen-bond donors (Lipinski definition) is 0. The number of benzene rings is 1. The van der Waals surface area contributed by atoms with Crippen LogP contribution < -0.4 is 9.47 Å². The molecule has 0 amide bonds. The molecule has 0 aliphatic carbocycles. The summed E-state index contributed by atoms with van der Waals surface area (Å²) in [5, 5.41) is 0. The molecule has 0 radical (unpaired) electrons. The van der Waals surface area contributed by atoms with Gasteiger partial charge in [-0.15, -0.1) is 0 Å². The minimum atomic E-state index is 0.922. The van der Waals surface area contributed by atoms with Crippen molar-refractivity contribution in [1.82, 2.24) is 4.90 Å². The normalized spacial score (nSPS) is 10.7. The molecular formula is C13H20INO2. The van der Waals surface area contributed by atoms with E-state index in [1.807, 2.05) is 6.07 Å². The van der Waals surface area contributed by atoms with Crippen LogP contribution in [0.2, 0.25) is 0 Å². The van der Waals surface area contributed by atoms with Gasteiger partial charge in [-0.1, -0.05) is 0 Å². The summed E-state index contributed by atoms with van der Waals surface area (Å²) in [5.41, 5.74) is 1.21. The zero-order chi connectivity index (χ0) is 12.8. The Morgan fingerprint density at radius 3 is 2.29 bits per heavy atom. The third-order valence-corrected chi connectivity index (χ3v) is 3.45. The zero-order valence-electron chi connectivity index (χ0n) is 10.9. The first kappa shape index (κ1) is 14.6. The molecule has 0 aromatic heterocycles. The Kier molecular flexibility index (Phi) is 6.05. The molecule has 0 saturated heterocycles. The van der Waals surface area contributed by atoms with E-state index in [0.717, 1.165) is 34.5 Å². The van der Waals surface area contributed by atoms with Crippen molar-refractivity contribution in [3.8, 4) is 11.5 Å². The van der Waals surface area contributed by atoms with E-state index in [4.69, 9.17) is 9.47 Å². The quantitative estimate of drug-likeness (QED) is 0.738. The maximum Gasteiger partial charge on any atom is 0.132 e. The second-order valence-electron chi connectivity index (χ2n) is 4.21. The Bertz CT molecular complexity index is 367. The standard InChI is InChI=1S/C13H20INO2/c1-15(2)7-5-6-10-8-13(17-4)11(14)9-12(10)16-3/h8-9H,5-7H2,1-4H3. The lowest BCUT2D eigenvalue weighted by molar-refractivity contribution is 0.385. The molecule has 1 aromatic carbocycles. The van der Waals surface area contributed by atoms with Crippen molar-refractivity contribution in [2.45, 2.75) is 12.8 Å². The second kappa shape index (κ2) is 7.06. The first-order valence-corrected chi connectivity index (χ1v) is 6.71.